The van der Waals surface area contributed by atoms with Gasteiger partial charge in [-0.25, -0.2) is 0 Å². The molecule has 0 bridgehead atoms. The number of hydrogen-bond donors (Lipinski definition) is 0. The van der Waals surface area contributed by atoms with Crippen molar-refractivity contribution in [2.24, 2.45) is 7.05 Å². The van der Waals surface area contributed by atoms with Crippen molar-refractivity contribution in [3.05, 3.63) is 40.6 Å². The van der Waals surface area contributed by atoms with Gasteiger partial charge in [0.2, 0.25) is 0 Å². The number of aryl methyl sites for hydroxylation is 5. The molecule has 1 heterocycles. The standard InChI is InChI=1S/C14H18N2/c1-9-6-10(2)14(11(3)7-9)13-8-12(4)15-16(13)5/h6-8H,1-5H3. The minimum Gasteiger partial charge on any atom is -0.268 e. The van der Waals surface area contributed by atoms with Crippen molar-refractivity contribution in [3.8, 4) is 11.3 Å². The Balaban J connectivity index is 2.69. The molecule has 16 heavy (non-hydrogen) atoms. The SMILES string of the molecule is Cc1cc(C)c(-c2cc(C)nn2C)c(C)c1. The second-order valence-corrected chi connectivity index (χ2v) is 4.57. The zero-order chi connectivity index (χ0) is 11.9. The molecular formula is C14H18N2. The predicted molar refractivity (Wildman–Crippen MR) is 67.6 cm³/mol. The topological polar surface area (TPSA) is 17.8 Å². The van der Waals surface area contributed by atoms with Crippen molar-refractivity contribution in [1.29, 1.82) is 0 Å². The second kappa shape index (κ2) is 3.78. The Kier molecular flexibility index (Phi) is 2.58. The summed E-state index contributed by atoms with van der Waals surface area (Å²) in [5, 5.41) is 4.41. The molecule has 0 saturated heterocycles. The minimum atomic E-state index is 1.07. The first-order chi connectivity index (χ1) is 7.49. The predicted octanol–water partition coefficient (Wildman–Crippen LogP) is 3.32. The van der Waals surface area contributed by atoms with Crippen LogP contribution in [0.15, 0.2) is 18.2 Å². The molecule has 2 nitrogen and oxygen atoms in total. The van der Waals surface area contributed by atoms with E-state index in [2.05, 4.69) is 44.1 Å². The normalized spacial score (nSPS) is 10.8. The van der Waals surface area contributed by atoms with Crippen molar-refractivity contribution in [2.45, 2.75) is 27.7 Å². The molecule has 2 aromatic rings. The third-order valence-electron chi connectivity index (χ3n) is 2.94. The highest BCUT2D eigenvalue weighted by atomic mass is 15.3. The second-order valence-electron chi connectivity index (χ2n) is 4.57. The Morgan fingerprint density at radius 3 is 1.94 bits per heavy atom. The molecule has 2 heteroatoms. The summed E-state index contributed by atoms with van der Waals surface area (Å²) < 4.78 is 1.96. The molecule has 0 atom stereocenters. The summed E-state index contributed by atoms with van der Waals surface area (Å²) in [6.45, 7) is 8.50. The summed E-state index contributed by atoms with van der Waals surface area (Å²) in [5.41, 5.74) is 7.54. The lowest BCUT2D eigenvalue weighted by atomic mass is 9.97. The van der Waals surface area contributed by atoms with Crippen molar-refractivity contribution < 1.29 is 0 Å². The summed E-state index contributed by atoms with van der Waals surface area (Å²) >= 11 is 0. The van der Waals surface area contributed by atoms with E-state index >= 15 is 0 Å². The number of benzene rings is 1. The van der Waals surface area contributed by atoms with Crippen LogP contribution in [-0.2, 0) is 7.05 Å². The molecule has 0 amide bonds. The van der Waals surface area contributed by atoms with Crippen LogP contribution in [0.2, 0.25) is 0 Å². The van der Waals surface area contributed by atoms with Crippen LogP contribution in [0.25, 0.3) is 11.3 Å². The molecule has 0 saturated carbocycles. The molecule has 0 fully saturated rings. The average molecular weight is 214 g/mol. The molecule has 84 valence electrons. The van der Waals surface area contributed by atoms with Gasteiger partial charge in [0, 0.05) is 12.6 Å². The molecule has 0 aliphatic rings. The molecule has 0 aliphatic heterocycles. The minimum absolute atomic E-state index is 1.07. The Hall–Kier alpha value is -1.57. The Labute approximate surface area is 96.9 Å². The zero-order valence-corrected chi connectivity index (χ0v) is 10.6. The van der Waals surface area contributed by atoms with Gasteiger partial charge in [0.25, 0.3) is 0 Å². The maximum Gasteiger partial charge on any atom is 0.0687 e. The van der Waals surface area contributed by atoms with E-state index in [9.17, 15) is 0 Å². The van der Waals surface area contributed by atoms with Gasteiger partial charge in [-0.3, -0.25) is 4.68 Å². The summed E-state index contributed by atoms with van der Waals surface area (Å²) in [6, 6.07) is 6.60. The molecule has 1 aromatic heterocycles. The molecule has 0 radical (unpaired) electrons. The van der Waals surface area contributed by atoms with Crippen LogP contribution in [0.4, 0.5) is 0 Å². The number of aromatic nitrogens is 2. The van der Waals surface area contributed by atoms with E-state index in [4.69, 9.17) is 0 Å². The quantitative estimate of drug-likeness (QED) is 0.712. The van der Waals surface area contributed by atoms with Crippen molar-refractivity contribution in [2.75, 3.05) is 0 Å². The van der Waals surface area contributed by atoms with Gasteiger partial charge in [-0.2, -0.15) is 5.10 Å². The largest absolute Gasteiger partial charge is 0.268 e. The van der Waals surface area contributed by atoms with Crippen LogP contribution in [0.1, 0.15) is 22.4 Å². The molecule has 0 spiro atoms. The highest BCUT2D eigenvalue weighted by molar-refractivity contribution is 5.68. The van der Waals surface area contributed by atoms with Gasteiger partial charge >= 0.3 is 0 Å². The fourth-order valence-electron chi connectivity index (χ4n) is 2.43. The van der Waals surface area contributed by atoms with Gasteiger partial charge in [0.15, 0.2) is 0 Å². The monoisotopic (exact) mass is 214 g/mol. The first-order valence-corrected chi connectivity index (χ1v) is 5.58. The van der Waals surface area contributed by atoms with Crippen molar-refractivity contribution in [1.82, 2.24) is 9.78 Å². The average Bonchev–Trinajstić information content (AvgIpc) is 2.43. The molecule has 2 rings (SSSR count). The lowest BCUT2D eigenvalue weighted by Crippen LogP contribution is -1.97. The van der Waals surface area contributed by atoms with Gasteiger partial charge in [-0.15, -0.1) is 0 Å². The fraction of sp³-hybridized carbons (Fsp3) is 0.357. The molecule has 0 N–H and O–H groups in total. The van der Waals surface area contributed by atoms with Crippen molar-refractivity contribution in [3.63, 3.8) is 0 Å². The van der Waals surface area contributed by atoms with Crippen molar-refractivity contribution >= 4 is 0 Å². The third-order valence-corrected chi connectivity index (χ3v) is 2.94. The summed E-state index contributed by atoms with van der Waals surface area (Å²) in [7, 11) is 2.00. The lowest BCUT2D eigenvalue weighted by molar-refractivity contribution is 0.763. The van der Waals surface area contributed by atoms with Gasteiger partial charge in [0.1, 0.15) is 0 Å². The number of rotatable bonds is 1. The first kappa shape index (κ1) is 10.9. The Morgan fingerprint density at radius 1 is 0.938 bits per heavy atom. The van der Waals surface area contributed by atoms with E-state index in [1.165, 1.54) is 27.9 Å². The van der Waals surface area contributed by atoms with E-state index in [0.29, 0.717) is 0 Å². The smallest absolute Gasteiger partial charge is 0.0687 e. The van der Waals surface area contributed by atoms with Gasteiger partial charge in [-0.05, 0) is 44.9 Å². The Bertz CT molecular complexity index is 513. The summed E-state index contributed by atoms with van der Waals surface area (Å²) in [6.07, 6.45) is 0. The maximum atomic E-state index is 4.41. The fourth-order valence-corrected chi connectivity index (χ4v) is 2.43. The van der Waals surface area contributed by atoms with E-state index in [1.807, 2.05) is 18.7 Å². The van der Waals surface area contributed by atoms with E-state index in [-0.39, 0.29) is 0 Å². The van der Waals surface area contributed by atoms with E-state index in [1.54, 1.807) is 0 Å². The van der Waals surface area contributed by atoms with Gasteiger partial charge in [0.05, 0.1) is 11.4 Å². The number of hydrogen-bond acceptors (Lipinski definition) is 1. The highest BCUT2D eigenvalue weighted by Crippen LogP contribution is 2.28. The first-order valence-electron chi connectivity index (χ1n) is 5.58. The third kappa shape index (κ3) is 1.75. The Morgan fingerprint density at radius 2 is 1.50 bits per heavy atom. The van der Waals surface area contributed by atoms with Crippen LogP contribution in [0.3, 0.4) is 0 Å². The van der Waals surface area contributed by atoms with Crippen LogP contribution >= 0.6 is 0 Å². The zero-order valence-electron chi connectivity index (χ0n) is 10.6. The van der Waals surface area contributed by atoms with Gasteiger partial charge in [-0.1, -0.05) is 17.7 Å². The van der Waals surface area contributed by atoms with E-state index in [0.717, 1.165) is 5.69 Å². The summed E-state index contributed by atoms with van der Waals surface area (Å²) in [4.78, 5) is 0. The molecule has 0 aliphatic carbocycles. The highest BCUT2D eigenvalue weighted by Gasteiger charge is 2.10. The van der Waals surface area contributed by atoms with Crippen LogP contribution in [0.5, 0.6) is 0 Å². The molecule has 1 aromatic carbocycles. The molecule has 0 unspecified atom stereocenters. The summed E-state index contributed by atoms with van der Waals surface area (Å²) in [5.74, 6) is 0. The van der Waals surface area contributed by atoms with Crippen LogP contribution in [0, 0.1) is 27.7 Å². The lowest BCUT2D eigenvalue weighted by Gasteiger charge is -2.11. The number of nitrogens with zero attached hydrogens (tertiary/aromatic N) is 2. The molecular weight excluding hydrogens is 196 g/mol. The van der Waals surface area contributed by atoms with Crippen LogP contribution < -0.4 is 0 Å². The van der Waals surface area contributed by atoms with Crippen LogP contribution in [-0.4, -0.2) is 9.78 Å². The van der Waals surface area contributed by atoms with Gasteiger partial charge < -0.3 is 0 Å². The van der Waals surface area contributed by atoms with E-state index < -0.39 is 0 Å². The maximum absolute atomic E-state index is 4.41.